The van der Waals surface area contributed by atoms with E-state index in [-0.39, 0.29) is 26.4 Å². The minimum Gasteiger partial charge on any atom is -0.396 e. The Hall–Kier alpha value is -0.160. The molecule has 0 aromatic carbocycles. The molecule has 0 aliphatic heterocycles. The van der Waals surface area contributed by atoms with Gasteiger partial charge in [0.05, 0.1) is 26.4 Å². The van der Waals surface area contributed by atoms with Gasteiger partial charge in [0, 0.05) is 10.8 Å². The lowest BCUT2D eigenvalue weighted by Crippen LogP contribution is -2.41. The van der Waals surface area contributed by atoms with E-state index in [4.69, 9.17) is 0 Å². The summed E-state index contributed by atoms with van der Waals surface area (Å²) in [6.45, 7) is 4.13. The number of hydrogen-bond acceptors (Lipinski definition) is 4. The SMILES string of the molecule is CCCCCCCCCCC(CO)(CO)CC(CO)(CO)CCCCCCCCCC. The number of aliphatic hydroxyl groups is 4. The van der Waals surface area contributed by atoms with Crippen LogP contribution < -0.4 is 0 Å². The standard InChI is InChI=1S/C27H56O4/c1-3-5-7-9-11-13-15-17-19-26(22-28,23-29)21-27(24-30,25-31)20-18-16-14-12-10-8-6-4-2/h28-31H,3-25H2,1-2H3. The molecule has 4 heteroatoms. The van der Waals surface area contributed by atoms with Crippen LogP contribution in [0.2, 0.25) is 0 Å². The van der Waals surface area contributed by atoms with Crippen LogP contribution in [0.25, 0.3) is 0 Å². The zero-order chi connectivity index (χ0) is 23.3. The molecular weight excluding hydrogens is 388 g/mol. The molecule has 188 valence electrons. The number of aliphatic hydroxyl groups excluding tert-OH is 4. The van der Waals surface area contributed by atoms with Crippen LogP contribution in [0.5, 0.6) is 0 Å². The van der Waals surface area contributed by atoms with Crippen molar-refractivity contribution in [2.45, 2.75) is 136 Å². The highest BCUT2D eigenvalue weighted by atomic mass is 16.3. The van der Waals surface area contributed by atoms with E-state index in [1.807, 2.05) is 0 Å². The Morgan fingerprint density at radius 1 is 0.387 bits per heavy atom. The Morgan fingerprint density at radius 2 is 0.645 bits per heavy atom. The minimum atomic E-state index is -0.603. The average molecular weight is 445 g/mol. The number of unbranched alkanes of at least 4 members (excludes halogenated alkanes) is 14. The largest absolute Gasteiger partial charge is 0.396 e. The summed E-state index contributed by atoms with van der Waals surface area (Å²) in [5.74, 6) is 0. The molecule has 0 aliphatic carbocycles. The van der Waals surface area contributed by atoms with E-state index in [1.54, 1.807) is 0 Å². The Labute approximate surface area is 193 Å². The van der Waals surface area contributed by atoms with E-state index < -0.39 is 10.8 Å². The first kappa shape index (κ1) is 30.8. The van der Waals surface area contributed by atoms with Crippen molar-refractivity contribution in [2.75, 3.05) is 26.4 Å². The van der Waals surface area contributed by atoms with E-state index in [9.17, 15) is 20.4 Å². The number of hydrogen-bond donors (Lipinski definition) is 4. The maximum Gasteiger partial charge on any atom is 0.0509 e. The second-order valence-electron chi connectivity index (χ2n) is 10.3. The van der Waals surface area contributed by atoms with Crippen LogP contribution >= 0.6 is 0 Å². The van der Waals surface area contributed by atoms with Gasteiger partial charge in [-0.15, -0.1) is 0 Å². The van der Waals surface area contributed by atoms with Crippen molar-refractivity contribution in [1.82, 2.24) is 0 Å². The van der Waals surface area contributed by atoms with Crippen molar-refractivity contribution in [3.63, 3.8) is 0 Å². The van der Waals surface area contributed by atoms with Gasteiger partial charge < -0.3 is 20.4 Å². The fourth-order valence-corrected chi connectivity index (χ4v) is 4.88. The molecule has 0 amide bonds. The van der Waals surface area contributed by atoms with Gasteiger partial charge in [-0.05, 0) is 19.3 Å². The molecule has 0 aliphatic rings. The van der Waals surface area contributed by atoms with Gasteiger partial charge in [-0.25, -0.2) is 0 Å². The van der Waals surface area contributed by atoms with Gasteiger partial charge in [-0.3, -0.25) is 0 Å². The lowest BCUT2D eigenvalue weighted by molar-refractivity contribution is -0.0456. The average Bonchev–Trinajstić information content (AvgIpc) is 2.80. The van der Waals surface area contributed by atoms with E-state index in [0.29, 0.717) is 6.42 Å². The monoisotopic (exact) mass is 444 g/mol. The second kappa shape index (κ2) is 20.4. The first-order valence-corrected chi connectivity index (χ1v) is 13.5. The summed E-state index contributed by atoms with van der Waals surface area (Å²) in [4.78, 5) is 0. The highest BCUT2D eigenvalue weighted by molar-refractivity contribution is 4.89. The smallest absolute Gasteiger partial charge is 0.0509 e. The van der Waals surface area contributed by atoms with Gasteiger partial charge in [0.15, 0.2) is 0 Å². The van der Waals surface area contributed by atoms with Gasteiger partial charge in [-0.2, -0.15) is 0 Å². The Bertz CT molecular complexity index is 330. The predicted molar refractivity (Wildman–Crippen MR) is 132 cm³/mol. The maximum absolute atomic E-state index is 10.1. The normalized spacial score (nSPS) is 12.6. The topological polar surface area (TPSA) is 80.9 Å². The summed E-state index contributed by atoms with van der Waals surface area (Å²) in [5, 5.41) is 40.5. The molecule has 4 nitrogen and oxygen atoms in total. The third kappa shape index (κ3) is 14.6. The van der Waals surface area contributed by atoms with Crippen molar-refractivity contribution in [3.05, 3.63) is 0 Å². The zero-order valence-electron chi connectivity index (χ0n) is 21.1. The van der Waals surface area contributed by atoms with Crippen LogP contribution in [0.3, 0.4) is 0 Å². The molecule has 0 bridgehead atoms. The van der Waals surface area contributed by atoms with Crippen LogP contribution in [0.15, 0.2) is 0 Å². The highest BCUT2D eigenvalue weighted by Gasteiger charge is 2.39. The van der Waals surface area contributed by atoms with Crippen LogP contribution in [0.4, 0.5) is 0 Å². The summed E-state index contributed by atoms with van der Waals surface area (Å²) < 4.78 is 0. The molecule has 0 heterocycles. The van der Waals surface area contributed by atoms with E-state index >= 15 is 0 Å². The lowest BCUT2D eigenvalue weighted by atomic mass is 9.68. The fourth-order valence-electron chi connectivity index (χ4n) is 4.88. The summed E-state index contributed by atoms with van der Waals surface area (Å²) in [7, 11) is 0. The molecule has 0 saturated heterocycles. The van der Waals surface area contributed by atoms with Crippen LogP contribution in [-0.4, -0.2) is 46.9 Å². The van der Waals surface area contributed by atoms with Crippen LogP contribution in [0.1, 0.15) is 136 Å². The van der Waals surface area contributed by atoms with Crippen molar-refractivity contribution in [2.24, 2.45) is 10.8 Å². The molecule has 0 unspecified atom stereocenters. The summed E-state index contributed by atoms with van der Waals surface area (Å²) >= 11 is 0. The lowest BCUT2D eigenvalue weighted by Gasteiger charge is -2.40. The summed E-state index contributed by atoms with van der Waals surface area (Å²) in [6.07, 6.45) is 21.6. The van der Waals surface area contributed by atoms with Crippen LogP contribution in [-0.2, 0) is 0 Å². The summed E-state index contributed by atoms with van der Waals surface area (Å²) in [5.41, 5.74) is -1.21. The van der Waals surface area contributed by atoms with Gasteiger partial charge in [0.1, 0.15) is 0 Å². The Morgan fingerprint density at radius 3 is 0.903 bits per heavy atom. The zero-order valence-corrected chi connectivity index (χ0v) is 21.1. The predicted octanol–water partition coefficient (Wildman–Crippen LogP) is 6.38. The molecule has 0 aromatic heterocycles. The maximum atomic E-state index is 10.1. The molecule has 31 heavy (non-hydrogen) atoms. The fraction of sp³-hybridized carbons (Fsp3) is 1.00. The summed E-state index contributed by atoms with van der Waals surface area (Å²) in [6, 6.07) is 0. The molecule has 0 atom stereocenters. The van der Waals surface area contributed by atoms with Gasteiger partial charge >= 0.3 is 0 Å². The quantitative estimate of drug-likeness (QED) is 0.130. The third-order valence-electron chi connectivity index (χ3n) is 7.21. The van der Waals surface area contributed by atoms with Crippen molar-refractivity contribution < 1.29 is 20.4 Å². The second-order valence-corrected chi connectivity index (χ2v) is 10.3. The Kier molecular flexibility index (Phi) is 20.3. The molecule has 0 fully saturated rings. The van der Waals surface area contributed by atoms with Crippen molar-refractivity contribution in [1.29, 1.82) is 0 Å². The number of rotatable bonds is 24. The molecule has 4 N–H and O–H groups in total. The van der Waals surface area contributed by atoms with E-state index in [2.05, 4.69) is 13.8 Å². The van der Waals surface area contributed by atoms with E-state index in [1.165, 1.54) is 77.0 Å². The molecule has 0 spiro atoms. The molecular formula is C27H56O4. The van der Waals surface area contributed by atoms with Gasteiger partial charge in [0.25, 0.3) is 0 Å². The first-order valence-electron chi connectivity index (χ1n) is 13.5. The first-order chi connectivity index (χ1) is 15.1. The van der Waals surface area contributed by atoms with Crippen LogP contribution in [0, 0.1) is 10.8 Å². The van der Waals surface area contributed by atoms with Crippen molar-refractivity contribution in [3.8, 4) is 0 Å². The molecule has 0 radical (unpaired) electrons. The van der Waals surface area contributed by atoms with E-state index in [0.717, 1.165) is 38.5 Å². The van der Waals surface area contributed by atoms with Crippen molar-refractivity contribution >= 4 is 0 Å². The highest BCUT2D eigenvalue weighted by Crippen LogP contribution is 2.41. The molecule has 0 saturated carbocycles. The Balaban J connectivity index is 4.43. The third-order valence-corrected chi connectivity index (χ3v) is 7.21. The molecule has 0 aromatic rings. The van der Waals surface area contributed by atoms with Gasteiger partial charge in [-0.1, -0.05) is 117 Å². The molecule has 0 rings (SSSR count). The van der Waals surface area contributed by atoms with Gasteiger partial charge in [0.2, 0.25) is 0 Å². The minimum absolute atomic E-state index is 0.0841.